The molecule has 0 radical (unpaired) electrons. The quantitative estimate of drug-likeness (QED) is 0.927. The van der Waals surface area contributed by atoms with E-state index in [-0.39, 0.29) is 18.0 Å². The molecule has 1 aliphatic rings. The van der Waals surface area contributed by atoms with Gasteiger partial charge in [0.1, 0.15) is 5.82 Å². The van der Waals surface area contributed by atoms with Crippen LogP contribution in [0.1, 0.15) is 5.56 Å². The molecular weight excluding hydrogens is 289 g/mol. The third-order valence-corrected chi connectivity index (χ3v) is 3.17. The lowest BCUT2D eigenvalue weighted by Crippen LogP contribution is -2.44. The van der Waals surface area contributed by atoms with Gasteiger partial charge in [0.25, 0.3) is 0 Å². The molecule has 0 bridgehead atoms. The van der Waals surface area contributed by atoms with E-state index < -0.39 is 0 Å². The van der Waals surface area contributed by atoms with Crippen LogP contribution >= 0.6 is 15.9 Å². The largest absolute Gasteiger partial charge is 0.376 e. The van der Waals surface area contributed by atoms with Gasteiger partial charge in [0.2, 0.25) is 0 Å². The number of halogens is 2. The predicted molar refractivity (Wildman–Crippen MR) is 66.3 cm³/mol. The van der Waals surface area contributed by atoms with Crippen molar-refractivity contribution >= 4 is 15.9 Å². The molecule has 5 heteroatoms. The first-order chi connectivity index (χ1) is 8.15. The van der Waals surface area contributed by atoms with Gasteiger partial charge in [0.05, 0.1) is 25.9 Å². The Morgan fingerprint density at radius 3 is 2.88 bits per heavy atom. The fraction of sp³-hybridized carbons (Fsp3) is 0.500. The van der Waals surface area contributed by atoms with Gasteiger partial charge < -0.3 is 15.2 Å². The topological polar surface area (TPSA) is 44.5 Å². The highest BCUT2D eigenvalue weighted by molar-refractivity contribution is 9.10. The first kappa shape index (κ1) is 13.0. The summed E-state index contributed by atoms with van der Waals surface area (Å²) < 4.78 is 24.7. The molecular formula is C12H15BrFNO2. The monoisotopic (exact) mass is 303 g/mol. The van der Waals surface area contributed by atoms with Crippen LogP contribution in [-0.4, -0.2) is 32.0 Å². The van der Waals surface area contributed by atoms with E-state index in [4.69, 9.17) is 15.2 Å². The van der Waals surface area contributed by atoms with Crippen molar-refractivity contribution in [2.45, 2.75) is 18.6 Å². The summed E-state index contributed by atoms with van der Waals surface area (Å²) in [4.78, 5) is 0. The van der Waals surface area contributed by atoms with E-state index in [1.807, 2.05) is 6.07 Å². The molecule has 1 aromatic rings. The van der Waals surface area contributed by atoms with E-state index in [1.165, 1.54) is 12.1 Å². The third-order valence-electron chi connectivity index (χ3n) is 2.71. The second-order valence-electron chi connectivity index (χ2n) is 4.13. The second kappa shape index (κ2) is 5.91. The van der Waals surface area contributed by atoms with Crippen LogP contribution in [0.3, 0.4) is 0 Å². The van der Waals surface area contributed by atoms with Gasteiger partial charge >= 0.3 is 0 Å². The Morgan fingerprint density at radius 2 is 2.24 bits per heavy atom. The molecule has 3 nitrogen and oxygen atoms in total. The lowest BCUT2D eigenvalue weighted by Gasteiger charge is -2.28. The summed E-state index contributed by atoms with van der Waals surface area (Å²) in [6.07, 6.45) is 0.468. The van der Waals surface area contributed by atoms with Crippen LogP contribution in [0, 0.1) is 5.82 Å². The minimum absolute atomic E-state index is 0.106. The molecule has 2 atom stereocenters. The smallest absolute Gasteiger partial charge is 0.124 e. The maximum Gasteiger partial charge on any atom is 0.124 e. The van der Waals surface area contributed by atoms with Gasteiger partial charge in [-0.1, -0.05) is 15.9 Å². The standard InChI is InChI=1S/C12H15BrFNO2/c13-9-3-8(4-10(14)6-9)5-11(15)12-7-16-1-2-17-12/h3-4,6,11-12H,1-2,5,7,15H2. The summed E-state index contributed by atoms with van der Waals surface area (Å²) in [7, 11) is 0. The Kier molecular flexibility index (Phi) is 4.50. The van der Waals surface area contributed by atoms with E-state index in [2.05, 4.69) is 15.9 Å². The highest BCUT2D eigenvalue weighted by Gasteiger charge is 2.22. The Hall–Kier alpha value is -0.490. The fourth-order valence-electron chi connectivity index (χ4n) is 1.89. The number of hydrogen-bond donors (Lipinski definition) is 1. The molecule has 17 heavy (non-hydrogen) atoms. The number of ether oxygens (including phenoxy) is 2. The van der Waals surface area contributed by atoms with Crippen molar-refractivity contribution in [1.82, 2.24) is 0 Å². The molecule has 0 saturated carbocycles. The van der Waals surface area contributed by atoms with Crippen LogP contribution in [0.25, 0.3) is 0 Å². The van der Waals surface area contributed by atoms with Gasteiger partial charge in [-0.3, -0.25) is 0 Å². The Balaban J connectivity index is 1.99. The number of nitrogens with two attached hydrogens (primary N) is 1. The third kappa shape index (κ3) is 3.74. The van der Waals surface area contributed by atoms with Crippen molar-refractivity contribution in [3.8, 4) is 0 Å². The van der Waals surface area contributed by atoms with Crippen molar-refractivity contribution in [3.63, 3.8) is 0 Å². The van der Waals surface area contributed by atoms with Gasteiger partial charge in [0.15, 0.2) is 0 Å². The van der Waals surface area contributed by atoms with Crippen molar-refractivity contribution in [2.75, 3.05) is 19.8 Å². The molecule has 2 N–H and O–H groups in total. The SMILES string of the molecule is NC(Cc1cc(F)cc(Br)c1)C1COCCO1. The first-order valence-electron chi connectivity index (χ1n) is 5.55. The molecule has 2 rings (SSSR count). The highest BCUT2D eigenvalue weighted by Crippen LogP contribution is 2.17. The van der Waals surface area contributed by atoms with E-state index in [0.717, 1.165) is 10.0 Å². The Labute approximate surface area is 108 Å². The summed E-state index contributed by atoms with van der Waals surface area (Å²) in [5, 5.41) is 0. The normalized spacial score (nSPS) is 22.4. The zero-order chi connectivity index (χ0) is 12.3. The van der Waals surface area contributed by atoms with E-state index in [0.29, 0.717) is 26.2 Å². The zero-order valence-electron chi connectivity index (χ0n) is 9.36. The maximum absolute atomic E-state index is 13.2. The Morgan fingerprint density at radius 1 is 1.41 bits per heavy atom. The van der Waals surface area contributed by atoms with Crippen LogP contribution in [0.15, 0.2) is 22.7 Å². The average Bonchev–Trinajstić information content (AvgIpc) is 2.28. The van der Waals surface area contributed by atoms with Crippen LogP contribution in [0.2, 0.25) is 0 Å². The molecule has 0 amide bonds. The Bertz CT molecular complexity index is 363. The van der Waals surface area contributed by atoms with Gasteiger partial charge in [-0.05, 0) is 30.2 Å². The molecule has 0 spiro atoms. The highest BCUT2D eigenvalue weighted by atomic mass is 79.9. The number of rotatable bonds is 3. The second-order valence-corrected chi connectivity index (χ2v) is 5.05. The summed E-state index contributed by atoms with van der Waals surface area (Å²) in [5.74, 6) is -0.262. The first-order valence-corrected chi connectivity index (χ1v) is 6.34. The lowest BCUT2D eigenvalue weighted by molar-refractivity contribution is -0.0967. The molecule has 1 heterocycles. The fourth-order valence-corrected chi connectivity index (χ4v) is 2.40. The summed E-state index contributed by atoms with van der Waals surface area (Å²) >= 11 is 3.26. The van der Waals surface area contributed by atoms with Gasteiger partial charge in [-0.15, -0.1) is 0 Å². The van der Waals surface area contributed by atoms with Crippen LogP contribution in [0.4, 0.5) is 4.39 Å². The molecule has 0 aliphatic carbocycles. The summed E-state index contributed by atoms with van der Waals surface area (Å²) in [5.41, 5.74) is 6.90. The van der Waals surface area contributed by atoms with Crippen molar-refractivity contribution in [2.24, 2.45) is 5.73 Å². The predicted octanol–water partition coefficient (Wildman–Crippen LogP) is 1.87. The zero-order valence-corrected chi connectivity index (χ0v) is 11.0. The molecule has 0 aromatic heterocycles. The number of benzene rings is 1. The van der Waals surface area contributed by atoms with Gasteiger partial charge in [0, 0.05) is 10.5 Å². The van der Waals surface area contributed by atoms with Gasteiger partial charge in [-0.25, -0.2) is 4.39 Å². The summed E-state index contributed by atoms with van der Waals surface area (Å²) in [6, 6.07) is 4.61. The molecule has 1 saturated heterocycles. The maximum atomic E-state index is 13.2. The minimum atomic E-state index is -0.262. The van der Waals surface area contributed by atoms with E-state index >= 15 is 0 Å². The molecule has 1 aliphatic heterocycles. The van der Waals surface area contributed by atoms with Crippen LogP contribution < -0.4 is 5.73 Å². The van der Waals surface area contributed by atoms with Crippen molar-refractivity contribution in [3.05, 3.63) is 34.1 Å². The van der Waals surface area contributed by atoms with Crippen LogP contribution in [0.5, 0.6) is 0 Å². The van der Waals surface area contributed by atoms with Crippen molar-refractivity contribution in [1.29, 1.82) is 0 Å². The molecule has 2 unspecified atom stereocenters. The molecule has 1 fully saturated rings. The van der Waals surface area contributed by atoms with Gasteiger partial charge in [-0.2, -0.15) is 0 Å². The molecule has 94 valence electrons. The lowest BCUT2D eigenvalue weighted by atomic mass is 10.0. The van der Waals surface area contributed by atoms with Crippen LogP contribution in [-0.2, 0) is 15.9 Å². The van der Waals surface area contributed by atoms with Crippen molar-refractivity contribution < 1.29 is 13.9 Å². The van der Waals surface area contributed by atoms with E-state index in [1.54, 1.807) is 0 Å². The number of hydrogen-bond acceptors (Lipinski definition) is 3. The average molecular weight is 304 g/mol. The molecule has 1 aromatic carbocycles. The minimum Gasteiger partial charge on any atom is -0.376 e. The summed E-state index contributed by atoms with van der Waals surface area (Å²) in [6.45, 7) is 1.71. The van der Waals surface area contributed by atoms with E-state index in [9.17, 15) is 4.39 Å².